The lowest BCUT2D eigenvalue weighted by Crippen LogP contribution is -2.52. The highest BCUT2D eigenvalue weighted by Crippen LogP contribution is 2.38. The van der Waals surface area contributed by atoms with E-state index < -0.39 is 0 Å². The zero-order chi connectivity index (χ0) is 14.9. The minimum Gasteiger partial charge on any atom is -0.370 e. The monoisotopic (exact) mass is 285 g/mol. The van der Waals surface area contributed by atoms with Gasteiger partial charge in [-0.25, -0.2) is 0 Å². The summed E-state index contributed by atoms with van der Waals surface area (Å²) < 4.78 is 0. The highest BCUT2D eigenvalue weighted by molar-refractivity contribution is 5.81. The molecule has 3 heteroatoms. The topological polar surface area (TPSA) is 41.6 Å². The summed E-state index contributed by atoms with van der Waals surface area (Å²) >= 11 is 0. The van der Waals surface area contributed by atoms with Crippen molar-refractivity contribution in [3.63, 3.8) is 0 Å². The summed E-state index contributed by atoms with van der Waals surface area (Å²) in [6.45, 7) is 5.30. The molecule has 0 amide bonds. The number of hydrogen-bond acceptors (Lipinski definition) is 3. The van der Waals surface area contributed by atoms with E-state index in [1.165, 1.54) is 43.2 Å². The molecule has 0 radical (unpaired) electrons. The molecule has 1 aliphatic heterocycles. The minimum atomic E-state index is -0.0656. The Morgan fingerprint density at radius 1 is 1.24 bits per heavy atom. The maximum atomic E-state index is 6.23. The van der Waals surface area contributed by atoms with Gasteiger partial charge in [0, 0.05) is 6.04 Å². The average molecular weight is 285 g/mol. The van der Waals surface area contributed by atoms with Crippen LogP contribution in [0.25, 0.3) is 0 Å². The first-order chi connectivity index (χ1) is 10.1. The highest BCUT2D eigenvalue weighted by atomic mass is 15.4. The van der Waals surface area contributed by atoms with E-state index >= 15 is 0 Å². The molecule has 1 saturated carbocycles. The molecule has 2 N–H and O–H groups in total. The summed E-state index contributed by atoms with van der Waals surface area (Å²) in [5, 5.41) is 0. The van der Waals surface area contributed by atoms with Gasteiger partial charge in [-0.15, -0.1) is 0 Å². The van der Waals surface area contributed by atoms with E-state index in [0.717, 1.165) is 18.9 Å². The summed E-state index contributed by atoms with van der Waals surface area (Å²) in [4.78, 5) is 6.97. The third-order valence-electron chi connectivity index (χ3n) is 5.13. The largest absolute Gasteiger partial charge is 0.370 e. The molecule has 2 aliphatic rings. The SMILES string of the molecule is CCCc1ccc(C2(C)CN=C(N)N2C2CCCC2)cc1. The predicted octanol–water partition coefficient (Wildman–Crippen LogP) is 3.43. The van der Waals surface area contributed by atoms with Crippen molar-refractivity contribution in [2.75, 3.05) is 6.54 Å². The van der Waals surface area contributed by atoms with Crippen LogP contribution in [0.3, 0.4) is 0 Å². The van der Waals surface area contributed by atoms with Gasteiger partial charge in [0.2, 0.25) is 0 Å². The Labute approximate surface area is 128 Å². The summed E-state index contributed by atoms with van der Waals surface area (Å²) in [5.41, 5.74) is 8.93. The number of rotatable bonds is 4. The van der Waals surface area contributed by atoms with Gasteiger partial charge in [-0.1, -0.05) is 50.5 Å². The van der Waals surface area contributed by atoms with Crippen LogP contribution >= 0.6 is 0 Å². The van der Waals surface area contributed by atoms with Crippen LogP contribution in [0.15, 0.2) is 29.3 Å². The zero-order valence-electron chi connectivity index (χ0n) is 13.3. The number of nitrogens with zero attached hydrogens (tertiary/aromatic N) is 2. The van der Waals surface area contributed by atoms with Crippen LogP contribution < -0.4 is 5.73 Å². The molecule has 1 aromatic carbocycles. The van der Waals surface area contributed by atoms with Crippen molar-refractivity contribution in [1.82, 2.24) is 4.90 Å². The quantitative estimate of drug-likeness (QED) is 0.921. The molecule has 1 aliphatic carbocycles. The fourth-order valence-electron chi connectivity index (χ4n) is 3.94. The Hall–Kier alpha value is -1.51. The highest BCUT2D eigenvalue weighted by Gasteiger charge is 2.43. The third kappa shape index (κ3) is 2.54. The Kier molecular flexibility index (Phi) is 3.92. The van der Waals surface area contributed by atoms with Crippen LogP contribution in [-0.2, 0) is 12.0 Å². The lowest BCUT2D eigenvalue weighted by molar-refractivity contribution is 0.167. The zero-order valence-corrected chi connectivity index (χ0v) is 13.3. The number of nitrogens with two attached hydrogens (primary N) is 1. The second kappa shape index (κ2) is 5.70. The van der Waals surface area contributed by atoms with Crippen molar-refractivity contribution in [2.45, 2.75) is 64.0 Å². The van der Waals surface area contributed by atoms with E-state index in [-0.39, 0.29) is 5.54 Å². The van der Waals surface area contributed by atoms with E-state index in [2.05, 4.69) is 48.0 Å². The first kappa shape index (κ1) is 14.4. The molecule has 0 bridgehead atoms. The van der Waals surface area contributed by atoms with Crippen LogP contribution in [0.5, 0.6) is 0 Å². The number of guanidine groups is 1. The minimum absolute atomic E-state index is 0.0656. The Morgan fingerprint density at radius 2 is 1.90 bits per heavy atom. The van der Waals surface area contributed by atoms with E-state index in [4.69, 9.17) is 5.73 Å². The van der Waals surface area contributed by atoms with E-state index in [1.807, 2.05) is 0 Å². The standard InChI is InChI=1S/C18H27N3/c1-3-6-14-9-11-15(12-10-14)18(2)13-20-17(19)21(18)16-7-4-5-8-16/h9-12,16H,3-8,13H2,1-2H3,(H2,19,20). The fraction of sp³-hybridized carbons (Fsp3) is 0.611. The molecule has 1 fully saturated rings. The number of aryl methyl sites for hydroxylation is 1. The smallest absolute Gasteiger partial charge is 0.192 e. The lowest BCUT2D eigenvalue weighted by atomic mass is 9.88. The molecule has 0 spiro atoms. The average Bonchev–Trinajstić information content (AvgIpc) is 3.09. The van der Waals surface area contributed by atoms with E-state index in [9.17, 15) is 0 Å². The van der Waals surface area contributed by atoms with Crippen LogP contribution in [0.4, 0.5) is 0 Å². The van der Waals surface area contributed by atoms with Gasteiger partial charge in [-0.3, -0.25) is 4.99 Å². The first-order valence-corrected chi connectivity index (χ1v) is 8.34. The molecule has 1 heterocycles. The van der Waals surface area contributed by atoms with Gasteiger partial charge in [0.15, 0.2) is 5.96 Å². The number of benzene rings is 1. The van der Waals surface area contributed by atoms with Crippen molar-refractivity contribution in [2.24, 2.45) is 10.7 Å². The summed E-state index contributed by atoms with van der Waals surface area (Å²) in [5.74, 6) is 0.738. The van der Waals surface area contributed by atoms with Gasteiger partial charge in [-0.2, -0.15) is 0 Å². The number of hydrogen-bond donors (Lipinski definition) is 1. The van der Waals surface area contributed by atoms with Gasteiger partial charge in [0.05, 0.1) is 12.1 Å². The van der Waals surface area contributed by atoms with Crippen LogP contribution in [0, 0.1) is 0 Å². The van der Waals surface area contributed by atoms with Crippen LogP contribution in [0.2, 0.25) is 0 Å². The molecule has 3 rings (SSSR count). The Bertz CT molecular complexity index is 514. The fourth-order valence-corrected chi connectivity index (χ4v) is 3.94. The van der Waals surface area contributed by atoms with Crippen molar-refractivity contribution in [3.05, 3.63) is 35.4 Å². The second-order valence-corrected chi connectivity index (χ2v) is 6.70. The lowest BCUT2D eigenvalue weighted by Gasteiger charge is -2.41. The van der Waals surface area contributed by atoms with Crippen molar-refractivity contribution in [1.29, 1.82) is 0 Å². The van der Waals surface area contributed by atoms with Crippen molar-refractivity contribution in [3.8, 4) is 0 Å². The molecule has 21 heavy (non-hydrogen) atoms. The van der Waals surface area contributed by atoms with Gasteiger partial charge in [0.1, 0.15) is 0 Å². The van der Waals surface area contributed by atoms with Crippen LogP contribution in [-0.4, -0.2) is 23.4 Å². The molecule has 3 nitrogen and oxygen atoms in total. The Balaban J connectivity index is 1.87. The van der Waals surface area contributed by atoms with Gasteiger partial charge in [0.25, 0.3) is 0 Å². The maximum absolute atomic E-state index is 6.23. The normalized spacial score (nSPS) is 26.4. The van der Waals surface area contributed by atoms with Gasteiger partial charge < -0.3 is 10.6 Å². The molecule has 1 aromatic rings. The number of aliphatic imine (C=N–C) groups is 1. The van der Waals surface area contributed by atoms with Crippen molar-refractivity contribution >= 4 is 5.96 Å². The second-order valence-electron chi connectivity index (χ2n) is 6.70. The molecule has 1 atom stereocenters. The van der Waals surface area contributed by atoms with Crippen molar-refractivity contribution < 1.29 is 0 Å². The third-order valence-corrected chi connectivity index (χ3v) is 5.13. The first-order valence-electron chi connectivity index (χ1n) is 8.34. The van der Waals surface area contributed by atoms with Gasteiger partial charge >= 0.3 is 0 Å². The molecular formula is C18H27N3. The Morgan fingerprint density at radius 3 is 2.52 bits per heavy atom. The molecule has 1 unspecified atom stereocenters. The summed E-state index contributed by atoms with van der Waals surface area (Å²) in [7, 11) is 0. The maximum Gasteiger partial charge on any atom is 0.192 e. The molecular weight excluding hydrogens is 258 g/mol. The van der Waals surface area contributed by atoms with Crippen LogP contribution in [0.1, 0.15) is 57.1 Å². The van der Waals surface area contributed by atoms with Gasteiger partial charge in [-0.05, 0) is 37.3 Å². The molecule has 0 aromatic heterocycles. The molecule has 0 saturated heterocycles. The van der Waals surface area contributed by atoms with E-state index in [0.29, 0.717) is 6.04 Å². The van der Waals surface area contributed by atoms with E-state index in [1.54, 1.807) is 0 Å². The summed E-state index contributed by atoms with van der Waals surface area (Å²) in [6, 6.07) is 9.66. The molecule has 114 valence electrons. The predicted molar refractivity (Wildman–Crippen MR) is 88.4 cm³/mol. The summed E-state index contributed by atoms with van der Waals surface area (Å²) in [6.07, 6.45) is 7.49.